The molecular formula is C18H24N2O5. The first kappa shape index (κ1) is 18.9. The normalized spacial score (nSPS) is 19.8. The van der Waals surface area contributed by atoms with Crippen molar-refractivity contribution in [3.05, 3.63) is 29.6 Å². The molecule has 1 aromatic rings. The molecule has 0 aromatic carbocycles. The number of pyridine rings is 1. The molecule has 0 aliphatic heterocycles. The molecule has 1 fully saturated rings. The van der Waals surface area contributed by atoms with E-state index in [1.165, 1.54) is 31.7 Å². The predicted octanol–water partition coefficient (Wildman–Crippen LogP) is 2.06. The molecule has 0 N–H and O–H groups in total. The van der Waals surface area contributed by atoms with Gasteiger partial charge in [0.1, 0.15) is 11.4 Å². The first-order valence-electron chi connectivity index (χ1n) is 8.42. The quantitative estimate of drug-likeness (QED) is 0.757. The largest absolute Gasteiger partial charge is 0.464 e. The molecule has 0 bridgehead atoms. The summed E-state index contributed by atoms with van der Waals surface area (Å²) in [5, 5.41) is 0. The topological polar surface area (TPSA) is 85.8 Å². The Hall–Kier alpha value is -2.44. The minimum atomic E-state index is -0.746. The van der Waals surface area contributed by atoms with E-state index in [-0.39, 0.29) is 29.9 Å². The second-order valence-electron chi connectivity index (χ2n) is 6.31. The van der Waals surface area contributed by atoms with Gasteiger partial charge in [0.05, 0.1) is 7.11 Å². The van der Waals surface area contributed by atoms with Gasteiger partial charge in [0.15, 0.2) is 6.61 Å². The Morgan fingerprint density at radius 3 is 2.44 bits per heavy atom. The summed E-state index contributed by atoms with van der Waals surface area (Å²) in [6, 6.07) is 4.55. The van der Waals surface area contributed by atoms with Crippen LogP contribution < -0.4 is 0 Å². The first-order chi connectivity index (χ1) is 11.9. The van der Waals surface area contributed by atoms with Crippen molar-refractivity contribution in [3.8, 4) is 0 Å². The number of carbonyl (C=O) groups is 3. The Bertz CT molecular complexity index is 646. The summed E-state index contributed by atoms with van der Waals surface area (Å²) < 4.78 is 9.62. The molecule has 2 rings (SSSR count). The standard InChI is InChI=1S/C18H24N2O5/c1-12-7-4-5-10-15(12)20(2)16(21)11-25-18(23)14-9-6-8-13(19-14)17(22)24-3/h6,8-9,12,15H,4-5,7,10-11H2,1-3H3/t12-,15-/m0/s1. The summed E-state index contributed by atoms with van der Waals surface area (Å²) in [5.74, 6) is -1.19. The van der Waals surface area contributed by atoms with Gasteiger partial charge in [-0.3, -0.25) is 4.79 Å². The minimum Gasteiger partial charge on any atom is -0.464 e. The maximum Gasteiger partial charge on any atom is 0.357 e. The number of rotatable bonds is 5. The molecule has 2 atom stereocenters. The molecule has 0 saturated heterocycles. The fraction of sp³-hybridized carbons (Fsp3) is 0.556. The van der Waals surface area contributed by atoms with E-state index in [1.54, 1.807) is 11.9 Å². The lowest BCUT2D eigenvalue weighted by Gasteiger charge is -2.36. The lowest BCUT2D eigenvalue weighted by Crippen LogP contribution is -2.44. The van der Waals surface area contributed by atoms with Crippen molar-refractivity contribution in [2.75, 3.05) is 20.8 Å². The maximum atomic E-state index is 12.3. The number of esters is 2. The first-order valence-corrected chi connectivity index (χ1v) is 8.42. The van der Waals surface area contributed by atoms with Crippen LogP contribution >= 0.6 is 0 Å². The van der Waals surface area contributed by atoms with Gasteiger partial charge in [-0.15, -0.1) is 0 Å². The van der Waals surface area contributed by atoms with E-state index in [9.17, 15) is 14.4 Å². The highest BCUT2D eigenvalue weighted by atomic mass is 16.5. The lowest BCUT2D eigenvalue weighted by atomic mass is 9.85. The second-order valence-corrected chi connectivity index (χ2v) is 6.31. The molecule has 7 heteroatoms. The molecule has 1 saturated carbocycles. The number of nitrogens with zero attached hydrogens (tertiary/aromatic N) is 2. The number of ether oxygens (including phenoxy) is 2. The maximum absolute atomic E-state index is 12.3. The van der Waals surface area contributed by atoms with Crippen LogP contribution in [0, 0.1) is 5.92 Å². The van der Waals surface area contributed by atoms with Crippen molar-refractivity contribution in [3.63, 3.8) is 0 Å². The monoisotopic (exact) mass is 348 g/mol. The highest BCUT2D eigenvalue weighted by Crippen LogP contribution is 2.27. The number of hydrogen-bond donors (Lipinski definition) is 0. The Morgan fingerprint density at radius 1 is 1.16 bits per heavy atom. The third-order valence-electron chi connectivity index (χ3n) is 4.64. The molecular weight excluding hydrogens is 324 g/mol. The van der Waals surface area contributed by atoms with Gasteiger partial charge in [-0.2, -0.15) is 0 Å². The molecule has 136 valence electrons. The van der Waals surface area contributed by atoms with Crippen LogP contribution in [-0.2, 0) is 14.3 Å². The average molecular weight is 348 g/mol. The van der Waals surface area contributed by atoms with Gasteiger partial charge >= 0.3 is 11.9 Å². The van der Waals surface area contributed by atoms with Crippen molar-refractivity contribution < 1.29 is 23.9 Å². The molecule has 7 nitrogen and oxygen atoms in total. The SMILES string of the molecule is COC(=O)c1cccc(C(=O)OCC(=O)N(C)[C@H]2CCCC[C@@H]2C)n1. The van der Waals surface area contributed by atoms with E-state index in [2.05, 4.69) is 16.6 Å². The number of hydrogen-bond acceptors (Lipinski definition) is 6. The smallest absolute Gasteiger partial charge is 0.357 e. The lowest BCUT2D eigenvalue weighted by molar-refractivity contribution is -0.136. The Labute approximate surface area is 147 Å². The number of likely N-dealkylation sites (N-methyl/N-ethyl adjacent to an activating group) is 1. The van der Waals surface area contributed by atoms with Gasteiger partial charge in [-0.05, 0) is 30.9 Å². The number of carbonyl (C=O) groups excluding carboxylic acids is 3. The van der Waals surface area contributed by atoms with E-state index in [0.29, 0.717) is 5.92 Å². The predicted molar refractivity (Wildman–Crippen MR) is 90.0 cm³/mol. The summed E-state index contributed by atoms with van der Waals surface area (Å²) in [6.45, 7) is 1.80. The fourth-order valence-corrected chi connectivity index (χ4v) is 3.13. The van der Waals surface area contributed by atoms with E-state index < -0.39 is 11.9 Å². The molecule has 1 amide bonds. The van der Waals surface area contributed by atoms with Gasteiger partial charge in [0.25, 0.3) is 5.91 Å². The van der Waals surface area contributed by atoms with Crippen LogP contribution in [0.5, 0.6) is 0 Å². The molecule has 1 aromatic heterocycles. The van der Waals surface area contributed by atoms with Gasteiger partial charge in [0.2, 0.25) is 0 Å². The van der Waals surface area contributed by atoms with Crippen LogP contribution in [0.4, 0.5) is 0 Å². The van der Waals surface area contributed by atoms with Crippen LogP contribution in [0.2, 0.25) is 0 Å². The van der Waals surface area contributed by atoms with Crippen molar-refractivity contribution in [1.82, 2.24) is 9.88 Å². The number of amides is 1. The summed E-state index contributed by atoms with van der Waals surface area (Å²) in [7, 11) is 2.98. The summed E-state index contributed by atoms with van der Waals surface area (Å²) in [5.41, 5.74) is -0.0270. The number of aromatic nitrogens is 1. The third-order valence-corrected chi connectivity index (χ3v) is 4.64. The Balaban J connectivity index is 1.93. The average Bonchev–Trinajstić information content (AvgIpc) is 2.65. The molecule has 1 heterocycles. The van der Waals surface area contributed by atoms with Crippen molar-refractivity contribution in [1.29, 1.82) is 0 Å². The van der Waals surface area contributed by atoms with E-state index >= 15 is 0 Å². The van der Waals surface area contributed by atoms with Gasteiger partial charge in [-0.1, -0.05) is 25.8 Å². The van der Waals surface area contributed by atoms with Gasteiger partial charge < -0.3 is 14.4 Å². The van der Waals surface area contributed by atoms with Crippen LogP contribution in [-0.4, -0.2) is 54.5 Å². The van der Waals surface area contributed by atoms with Gasteiger partial charge in [0, 0.05) is 13.1 Å². The minimum absolute atomic E-state index is 0.0106. The van der Waals surface area contributed by atoms with Crippen LogP contribution in [0.15, 0.2) is 18.2 Å². The fourth-order valence-electron chi connectivity index (χ4n) is 3.13. The second kappa shape index (κ2) is 8.60. The van der Waals surface area contributed by atoms with Gasteiger partial charge in [-0.25, -0.2) is 14.6 Å². The zero-order chi connectivity index (χ0) is 18.4. The zero-order valence-corrected chi connectivity index (χ0v) is 14.9. The zero-order valence-electron chi connectivity index (χ0n) is 14.9. The highest BCUT2D eigenvalue weighted by Gasteiger charge is 2.28. The van der Waals surface area contributed by atoms with Crippen molar-refractivity contribution in [2.24, 2.45) is 5.92 Å². The van der Waals surface area contributed by atoms with E-state index in [0.717, 1.165) is 19.3 Å². The van der Waals surface area contributed by atoms with Crippen LogP contribution in [0.25, 0.3) is 0 Å². The molecule has 1 aliphatic rings. The summed E-state index contributed by atoms with van der Waals surface area (Å²) >= 11 is 0. The van der Waals surface area contributed by atoms with Crippen LogP contribution in [0.3, 0.4) is 0 Å². The van der Waals surface area contributed by atoms with Crippen molar-refractivity contribution in [2.45, 2.75) is 38.6 Å². The Kier molecular flexibility index (Phi) is 6.50. The molecule has 0 radical (unpaired) electrons. The van der Waals surface area contributed by atoms with E-state index in [1.807, 2.05) is 0 Å². The van der Waals surface area contributed by atoms with Crippen LogP contribution in [0.1, 0.15) is 53.6 Å². The molecule has 1 aliphatic carbocycles. The highest BCUT2D eigenvalue weighted by molar-refractivity contribution is 5.92. The van der Waals surface area contributed by atoms with E-state index in [4.69, 9.17) is 4.74 Å². The number of methoxy groups -OCH3 is 1. The molecule has 0 spiro atoms. The summed E-state index contributed by atoms with van der Waals surface area (Å²) in [4.78, 5) is 41.4. The van der Waals surface area contributed by atoms with Crippen molar-refractivity contribution >= 4 is 17.8 Å². The molecule has 25 heavy (non-hydrogen) atoms. The Morgan fingerprint density at radius 2 is 1.80 bits per heavy atom. The molecule has 0 unspecified atom stereocenters. The third kappa shape index (κ3) is 4.78. The summed E-state index contributed by atoms with van der Waals surface area (Å²) in [6.07, 6.45) is 4.37.